The van der Waals surface area contributed by atoms with E-state index in [1.165, 1.54) is 33.4 Å². The van der Waals surface area contributed by atoms with Gasteiger partial charge in [0.2, 0.25) is 0 Å². The fourth-order valence-electron chi connectivity index (χ4n) is 9.49. The fraction of sp³-hybridized carbons (Fsp3) is 0.154. The Balaban J connectivity index is 0.00000125. The molecule has 0 radical (unpaired) electrons. The molecule has 0 amide bonds. The first-order chi connectivity index (χ1) is 39.2. The van der Waals surface area contributed by atoms with Gasteiger partial charge < -0.3 is 12.1 Å². The van der Waals surface area contributed by atoms with Crippen LogP contribution >= 0.6 is 0 Å². The van der Waals surface area contributed by atoms with Crippen LogP contribution in [-0.2, 0) is 0 Å². The van der Waals surface area contributed by atoms with Crippen LogP contribution in [-0.4, -0.2) is 15.0 Å². The Morgan fingerprint density at radius 3 is 1.23 bits per heavy atom. The van der Waals surface area contributed by atoms with Crippen molar-refractivity contribution in [2.24, 2.45) is 0 Å². The van der Waals surface area contributed by atoms with Crippen molar-refractivity contribution in [3.05, 3.63) is 396 Å². The van der Waals surface area contributed by atoms with E-state index >= 15 is 0 Å². The van der Waals surface area contributed by atoms with Gasteiger partial charge in [0.15, 0.2) is 0 Å². The van der Waals surface area contributed by atoms with E-state index in [2.05, 4.69) is 241 Å². The van der Waals surface area contributed by atoms with Gasteiger partial charge in [0, 0.05) is 53.7 Å². The molecule has 0 N–H and O–H groups in total. The van der Waals surface area contributed by atoms with Crippen LogP contribution in [0.25, 0.3) is 22.8 Å². The Morgan fingerprint density at radius 1 is 0.419 bits per heavy atom. The molecule has 2 aliphatic heterocycles. The van der Waals surface area contributed by atoms with Crippen LogP contribution in [0.1, 0.15) is 125 Å². The van der Waals surface area contributed by atoms with Crippen molar-refractivity contribution < 1.29 is 156 Å². The van der Waals surface area contributed by atoms with Gasteiger partial charge in [0.05, 0.1) is 5.69 Å². The van der Waals surface area contributed by atoms with Crippen molar-refractivity contribution in [3.63, 3.8) is 0 Å². The Morgan fingerprint density at radius 2 is 0.837 bits per heavy atom. The molecule has 2 atom stereocenters. The predicted octanol–water partition coefficient (Wildman–Crippen LogP) is 13.0. The summed E-state index contributed by atoms with van der Waals surface area (Å²) in [7, 11) is 0. The van der Waals surface area contributed by atoms with E-state index in [1.807, 2.05) is 97.6 Å². The van der Waals surface area contributed by atoms with Crippen molar-refractivity contribution in [3.8, 4) is 0 Å². The number of rotatable bonds is 16. The SMILES string of the molecule is C.C.C.C.C1=C[CH-]C(=Cc2ccccc2)C=C1.C1=C[N-]C(=CCC(CC(CC(c2ccccc2)c2ccccc2)c2ccccn2)c2ccccn2)C=C1.C1=C[N-]C(=CCC(c2ccccc2)c2ccccc2)C=C1.C=Cc1ccccn1.[H-].[K+].[K+].[K+]. The van der Waals surface area contributed by atoms with E-state index in [0.29, 0.717) is 5.92 Å². The average Bonchev–Trinajstić information content (AvgIpc) is 2.92. The zero-order chi connectivity index (χ0) is 54.2. The van der Waals surface area contributed by atoms with Gasteiger partial charge in [-0.2, -0.15) is 12.4 Å². The van der Waals surface area contributed by atoms with Crippen LogP contribution in [0.3, 0.4) is 0 Å². The quantitative estimate of drug-likeness (QED) is 0.0715. The van der Waals surface area contributed by atoms with Gasteiger partial charge in [-0.05, 0) is 90.4 Å². The van der Waals surface area contributed by atoms with E-state index in [9.17, 15) is 0 Å². The van der Waals surface area contributed by atoms with Gasteiger partial charge in [0.25, 0.3) is 0 Å². The van der Waals surface area contributed by atoms with Gasteiger partial charge in [-0.15, -0.1) is 53.8 Å². The van der Waals surface area contributed by atoms with Crippen LogP contribution in [0, 0.1) is 6.42 Å². The Bertz CT molecular complexity index is 3240. The van der Waals surface area contributed by atoms with Crippen LogP contribution in [0.2, 0.25) is 0 Å². The summed E-state index contributed by atoms with van der Waals surface area (Å²) in [6.45, 7) is 3.57. The molecule has 3 aliphatic rings. The molecule has 0 spiro atoms. The van der Waals surface area contributed by atoms with Crippen molar-refractivity contribution >= 4 is 12.2 Å². The van der Waals surface area contributed by atoms with Crippen LogP contribution < -0.4 is 154 Å². The molecular weight excluding hydrogens is 1120 g/mol. The first kappa shape index (κ1) is 79.3. The van der Waals surface area contributed by atoms with Gasteiger partial charge in [-0.3, -0.25) is 15.0 Å². The third kappa shape index (κ3) is 28.2. The number of nitrogens with zero attached hydrogens (tertiary/aromatic N) is 5. The van der Waals surface area contributed by atoms with Crippen molar-refractivity contribution in [2.75, 3.05) is 0 Å². The minimum atomic E-state index is 0. The molecule has 11 rings (SSSR count). The first-order valence-corrected chi connectivity index (χ1v) is 27.2. The number of pyridine rings is 3. The number of benzene rings is 5. The average molecular weight is 1210 g/mol. The third-order valence-electron chi connectivity index (χ3n) is 13.5. The molecule has 86 heavy (non-hydrogen) atoms. The fourth-order valence-corrected chi connectivity index (χ4v) is 9.49. The van der Waals surface area contributed by atoms with Crippen LogP contribution in [0.15, 0.2) is 334 Å². The summed E-state index contributed by atoms with van der Waals surface area (Å²) >= 11 is 0. The van der Waals surface area contributed by atoms with Crippen molar-refractivity contribution in [1.82, 2.24) is 15.0 Å². The maximum atomic E-state index is 4.84. The van der Waals surface area contributed by atoms with Crippen molar-refractivity contribution in [1.29, 1.82) is 0 Å². The van der Waals surface area contributed by atoms with E-state index in [1.54, 1.807) is 12.3 Å². The zero-order valence-corrected chi connectivity index (χ0v) is 57.1. The zero-order valence-electron chi connectivity index (χ0n) is 48.8. The summed E-state index contributed by atoms with van der Waals surface area (Å²) in [5, 5.41) is 8.90. The van der Waals surface area contributed by atoms with Gasteiger partial charge in [0.1, 0.15) is 0 Å². The molecule has 426 valence electrons. The minimum absolute atomic E-state index is 0. The maximum absolute atomic E-state index is 4.84. The standard InChI is InChI=1S/C34H32N3.C20H18N.C13H11.C7H7N.4CH4.3K.H/c1-3-13-27(14-4-1)32(28-15-5-2-6-16-28)26-30(34-19-9-12-24-37-34)25-29(33-18-8-11-23-36-33)20-21-31-17-7-10-22-35-31;1-3-9-17(10-4-1)20(18-11-5-2-6-12-18)15-14-19-13-7-8-16-21-19;1-3-7-12(8-4-1)11-13-9-5-2-6-10-13;1-2-7-5-3-4-6-8-7;;;;;;;;/h1-19,21-24,29-30,32H,20,25-26H2;1-14,16,20H,15H2;1-11H;2-6H,1H2;4*1H4;;;;/q3*-1;;;;;;3*+1;-1. The molecule has 8 heteroatoms. The number of hydrogen-bond donors (Lipinski definition) is 0. The number of aromatic nitrogens is 3. The van der Waals surface area contributed by atoms with E-state index in [0.717, 1.165) is 54.2 Å². The maximum Gasteiger partial charge on any atom is 1.00 e. The van der Waals surface area contributed by atoms with Gasteiger partial charge >= 0.3 is 154 Å². The first-order valence-electron chi connectivity index (χ1n) is 27.2. The minimum Gasteiger partial charge on any atom is -1.00 e. The Hall–Kier alpha value is -4.67. The molecule has 2 unspecified atom stereocenters. The largest absolute Gasteiger partial charge is 1.00 e. The molecule has 0 saturated heterocycles. The van der Waals surface area contributed by atoms with E-state index in [-0.39, 0.29) is 203 Å². The van der Waals surface area contributed by atoms with Crippen LogP contribution in [0.4, 0.5) is 0 Å². The van der Waals surface area contributed by atoms with Crippen LogP contribution in [0.5, 0.6) is 0 Å². The van der Waals surface area contributed by atoms with E-state index in [4.69, 9.17) is 9.97 Å². The molecule has 0 saturated carbocycles. The van der Waals surface area contributed by atoms with Crippen molar-refractivity contribution in [2.45, 2.75) is 79.1 Å². The molecule has 5 aromatic carbocycles. The second-order valence-electron chi connectivity index (χ2n) is 18.9. The second-order valence-corrected chi connectivity index (χ2v) is 18.9. The number of hydrogen-bond acceptors (Lipinski definition) is 3. The predicted molar refractivity (Wildman–Crippen MR) is 361 cm³/mol. The third-order valence-corrected chi connectivity index (χ3v) is 13.5. The Kier molecular flexibility index (Phi) is 43.7. The van der Waals surface area contributed by atoms with E-state index < -0.39 is 0 Å². The Labute approximate surface area is 647 Å². The molecular formula is C78H85K3N5-. The van der Waals surface area contributed by atoms with Gasteiger partial charge in [-0.25, -0.2) is 0 Å². The summed E-state index contributed by atoms with van der Waals surface area (Å²) in [4.78, 5) is 13.6. The summed E-state index contributed by atoms with van der Waals surface area (Å²) in [6.07, 6.45) is 43.8. The topological polar surface area (TPSA) is 66.9 Å². The molecule has 8 aromatic rings. The second kappa shape index (κ2) is 47.3. The smallest absolute Gasteiger partial charge is 1.00 e. The van der Waals surface area contributed by atoms with Gasteiger partial charge in [-0.1, -0.05) is 260 Å². The summed E-state index contributed by atoms with van der Waals surface area (Å²) in [6, 6.07) is 71.6. The number of allylic oxidation sites excluding steroid dienone is 13. The molecule has 5 nitrogen and oxygen atoms in total. The molecule has 1 aliphatic carbocycles. The molecule has 5 heterocycles. The molecule has 3 aromatic heterocycles. The molecule has 0 fully saturated rings. The molecule has 0 bridgehead atoms. The summed E-state index contributed by atoms with van der Waals surface area (Å²) in [5.41, 5.74) is 13.1. The summed E-state index contributed by atoms with van der Waals surface area (Å²) < 4.78 is 0. The normalized spacial score (nSPS) is 13.8. The monoisotopic (exact) mass is 1210 g/mol. The summed E-state index contributed by atoms with van der Waals surface area (Å²) in [5.74, 6) is 1.16.